The topological polar surface area (TPSA) is 15.7 Å². The maximum Gasteiger partial charge on any atom is 0.147 e. The van der Waals surface area contributed by atoms with E-state index in [0.29, 0.717) is 5.69 Å². The number of hydrogen-bond donors (Lipinski definition) is 0. The Labute approximate surface area is 116 Å². The summed E-state index contributed by atoms with van der Waals surface area (Å²) in [6.45, 7) is 5.30. The number of anilines is 1. The highest BCUT2D eigenvalue weighted by atomic mass is 79.9. The van der Waals surface area contributed by atoms with E-state index in [1.54, 1.807) is 6.07 Å². The molecule has 100 valence electrons. The zero-order valence-electron chi connectivity index (χ0n) is 10.5. The fourth-order valence-corrected chi connectivity index (χ4v) is 2.36. The molecule has 3 nitrogen and oxygen atoms in total. The molecular formula is C13H18BrFN2O. The average molecular weight is 317 g/mol. The Hall–Kier alpha value is -0.650. The van der Waals surface area contributed by atoms with E-state index in [1.165, 1.54) is 6.07 Å². The van der Waals surface area contributed by atoms with Crippen molar-refractivity contribution in [3.63, 3.8) is 0 Å². The van der Waals surface area contributed by atoms with Gasteiger partial charge in [0, 0.05) is 37.7 Å². The molecule has 0 atom stereocenters. The number of hydrogen-bond acceptors (Lipinski definition) is 3. The van der Waals surface area contributed by atoms with Gasteiger partial charge in [-0.05, 0) is 18.2 Å². The monoisotopic (exact) mass is 316 g/mol. The summed E-state index contributed by atoms with van der Waals surface area (Å²) in [5.74, 6) is -0.186. The maximum atomic E-state index is 13.8. The summed E-state index contributed by atoms with van der Waals surface area (Å²) in [5.41, 5.74) is 0.645. The molecule has 5 heteroatoms. The van der Waals surface area contributed by atoms with Crippen molar-refractivity contribution >= 4 is 21.6 Å². The maximum absolute atomic E-state index is 13.8. The van der Waals surface area contributed by atoms with E-state index in [-0.39, 0.29) is 5.82 Å². The Balaban J connectivity index is 1.88. The largest absolute Gasteiger partial charge is 0.379 e. The molecule has 0 amide bonds. The van der Waals surface area contributed by atoms with Gasteiger partial charge < -0.3 is 9.64 Å². The summed E-state index contributed by atoms with van der Waals surface area (Å²) in [6, 6.07) is 5.17. The zero-order valence-corrected chi connectivity index (χ0v) is 12.1. The Morgan fingerprint density at radius 1 is 1.39 bits per heavy atom. The van der Waals surface area contributed by atoms with Crippen LogP contribution in [0.5, 0.6) is 0 Å². The fourth-order valence-electron chi connectivity index (χ4n) is 2.03. The second-order valence-corrected chi connectivity index (χ2v) is 5.39. The van der Waals surface area contributed by atoms with Crippen LogP contribution in [-0.4, -0.2) is 51.3 Å². The Morgan fingerprint density at radius 2 is 2.11 bits per heavy atom. The molecule has 0 aliphatic carbocycles. The number of rotatable bonds is 4. The summed E-state index contributed by atoms with van der Waals surface area (Å²) >= 11 is 3.27. The van der Waals surface area contributed by atoms with Crippen molar-refractivity contribution in [2.45, 2.75) is 0 Å². The van der Waals surface area contributed by atoms with Crippen LogP contribution in [0.25, 0.3) is 0 Å². The van der Waals surface area contributed by atoms with Gasteiger partial charge in [-0.3, -0.25) is 4.90 Å². The van der Waals surface area contributed by atoms with Crippen molar-refractivity contribution in [1.82, 2.24) is 4.90 Å². The third kappa shape index (κ3) is 3.67. The van der Waals surface area contributed by atoms with Crippen molar-refractivity contribution in [3.05, 3.63) is 28.5 Å². The number of ether oxygens (including phenoxy) is 1. The molecule has 18 heavy (non-hydrogen) atoms. The molecule has 0 aromatic heterocycles. The number of nitrogens with zero attached hydrogens (tertiary/aromatic N) is 2. The van der Waals surface area contributed by atoms with Gasteiger partial charge in [0.25, 0.3) is 0 Å². The normalized spacial score (nSPS) is 16.8. The van der Waals surface area contributed by atoms with Crippen LogP contribution in [0.2, 0.25) is 0 Å². The summed E-state index contributed by atoms with van der Waals surface area (Å²) < 4.78 is 19.8. The van der Waals surface area contributed by atoms with Crippen LogP contribution in [0.1, 0.15) is 0 Å². The van der Waals surface area contributed by atoms with E-state index in [4.69, 9.17) is 4.74 Å². The van der Waals surface area contributed by atoms with Crippen LogP contribution in [-0.2, 0) is 4.74 Å². The van der Waals surface area contributed by atoms with Gasteiger partial charge in [-0.1, -0.05) is 15.9 Å². The van der Waals surface area contributed by atoms with Gasteiger partial charge in [0.1, 0.15) is 5.82 Å². The number of likely N-dealkylation sites (N-methyl/N-ethyl adjacent to an activating group) is 1. The van der Waals surface area contributed by atoms with E-state index < -0.39 is 0 Å². The number of halogens is 2. The van der Waals surface area contributed by atoms with Crippen LogP contribution in [0.15, 0.2) is 22.7 Å². The van der Waals surface area contributed by atoms with Crippen molar-refractivity contribution in [2.24, 2.45) is 0 Å². The molecule has 0 spiro atoms. The van der Waals surface area contributed by atoms with Crippen molar-refractivity contribution in [2.75, 3.05) is 51.3 Å². The highest BCUT2D eigenvalue weighted by Gasteiger charge is 2.12. The van der Waals surface area contributed by atoms with Gasteiger partial charge in [-0.25, -0.2) is 4.39 Å². The molecule has 0 unspecified atom stereocenters. The van der Waals surface area contributed by atoms with Crippen molar-refractivity contribution in [3.8, 4) is 0 Å². The molecule has 1 saturated heterocycles. The Kier molecular flexibility index (Phi) is 4.97. The van der Waals surface area contributed by atoms with Crippen LogP contribution >= 0.6 is 15.9 Å². The SMILES string of the molecule is CN(CCN1CCOCC1)c1ccc(Br)cc1F. The lowest BCUT2D eigenvalue weighted by molar-refractivity contribution is 0.0393. The minimum absolute atomic E-state index is 0.186. The fraction of sp³-hybridized carbons (Fsp3) is 0.538. The minimum Gasteiger partial charge on any atom is -0.379 e. The van der Waals surface area contributed by atoms with Crippen LogP contribution in [0.4, 0.5) is 10.1 Å². The first-order valence-electron chi connectivity index (χ1n) is 6.13. The van der Waals surface area contributed by atoms with E-state index in [0.717, 1.165) is 43.9 Å². The summed E-state index contributed by atoms with van der Waals surface area (Å²) in [7, 11) is 1.92. The zero-order chi connectivity index (χ0) is 13.0. The summed E-state index contributed by atoms with van der Waals surface area (Å²) in [4.78, 5) is 4.30. The molecule has 0 radical (unpaired) electrons. The van der Waals surface area contributed by atoms with E-state index in [9.17, 15) is 4.39 Å². The Bertz CT molecular complexity index is 397. The smallest absolute Gasteiger partial charge is 0.147 e. The average Bonchev–Trinajstić information content (AvgIpc) is 2.37. The first-order chi connectivity index (χ1) is 8.66. The molecular weight excluding hydrogens is 299 g/mol. The van der Waals surface area contributed by atoms with Crippen LogP contribution in [0, 0.1) is 5.82 Å². The highest BCUT2D eigenvalue weighted by Crippen LogP contribution is 2.22. The van der Waals surface area contributed by atoms with Gasteiger partial charge in [0.15, 0.2) is 0 Å². The third-order valence-electron chi connectivity index (χ3n) is 3.18. The lowest BCUT2D eigenvalue weighted by Gasteiger charge is -2.29. The third-order valence-corrected chi connectivity index (χ3v) is 3.67. The Morgan fingerprint density at radius 3 is 2.78 bits per heavy atom. The second kappa shape index (κ2) is 6.50. The lowest BCUT2D eigenvalue weighted by atomic mass is 10.3. The molecule has 1 aliphatic rings. The number of benzene rings is 1. The van der Waals surface area contributed by atoms with Gasteiger partial charge in [0.2, 0.25) is 0 Å². The van der Waals surface area contributed by atoms with E-state index in [2.05, 4.69) is 20.8 Å². The minimum atomic E-state index is -0.186. The van der Waals surface area contributed by atoms with Gasteiger partial charge in [0.05, 0.1) is 18.9 Å². The first-order valence-corrected chi connectivity index (χ1v) is 6.92. The predicted octanol–water partition coefficient (Wildman–Crippen LogP) is 2.36. The molecule has 1 aromatic carbocycles. The first kappa shape index (κ1) is 13.8. The quantitative estimate of drug-likeness (QED) is 0.848. The van der Waals surface area contributed by atoms with E-state index >= 15 is 0 Å². The number of morpholine rings is 1. The standard InChI is InChI=1S/C13H18BrFN2O/c1-16(4-5-17-6-8-18-9-7-17)13-3-2-11(14)10-12(13)15/h2-3,10H,4-9H2,1H3. The lowest BCUT2D eigenvalue weighted by Crippen LogP contribution is -2.40. The predicted molar refractivity (Wildman–Crippen MR) is 74.6 cm³/mol. The van der Waals surface area contributed by atoms with Gasteiger partial charge >= 0.3 is 0 Å². The van der Waals surface area contributed by atoms with E-state index in [1.807, 2.05) is 18.0 Å². The van der Waals surface area contributed by atoms with Crippen LogP contribution < -0.4 is 4.90 Å². The van der Waals surface area contributed by atoms with Crippen LogP contribution in [0.3, 0.4) is 0 Å². The van der Waals surface area contributed by atoms with Gasteiger partial charge in [-0.15, -0.1) is 0 Å². The van der Waals surface area contributed by atoms with Crippen molar-refractivity contribution < 1.29 is 9.13 Å². The molecule has 0 saturated carbocycles. The summed E-state index contributed by atoms with van der Waals surface area (Å²) in [6.07, 6.45) is 0. The molecule has 1 fully saturated rings. The molecule has 1 heterocycles. The highest BCUT2D eigenvalue weighted by molar-refractivity contribution is 9.10. The summed E-state index contributed by atoms with van der Waals surface area (Å²) in [5, 5.41) is 0. The molecule has 0 bridgehead atoms. The van der Waals surface area contributed by atoms with Gasteiger partial charge in [-0.2, -0.15) is 0 Å². The molecule has 1 aliphatic heterocycles. The molecule has 1 aromatic rings. The second-order valence-electron chi connectivity index (χ2n) is 4.47. The van der Waals surface area contributed by atoms with Crippen molar-refractivity contribution in [1.29, 1.82) is 0 Å². The molecule has 0 N–H and O–H groups in total. The molecule has 2 rings (SSSR count).